The van der Waals surface area contributed by atoms with Crippen molar-refractivity contribution in [3.63, 3.8) is 0 Å². The van der Waals surface area contributed by atoms with Crippen LogP contribution in [0.2, 0.25) is 0 Å². The third-order valence-corrected chi connectivity index (χ3v) is 1.92. The summed E-state index contributed by atoms with van der Waals surface area (Å²) in [5, 5.41) is 0. The lowest BCUT2D eigenvalue weighted by atomic mass is 10.1. The van der Waals surface area contributed by atoms with Crippen molar-refractivity contribution in [2.24, 2.45) is 0 Å². The van der Waals surface area contributed by atoms with E-state index in [1.807, 2.05) is 0 Å². The van der Waals surface area contributed by atoms with Crippen molar-refractivity contribution in [1.29, 1.82) is 0 Å². The van der Waals surface area contributed by atoms with E-state index in [-0.39, 0.29) is 0 Å². The van der Waals surface area contributed by atoms with Crippen molar-refractivity contribution >= 4 is 5.97 Å². The molecule has 1 aromatic carbocycles. The fourth-order valence-electron chi connectivity index (χ4n) is 1.24. The summed E-state index contributed by atoms with van der Waals surface area (Å²) in [5.41, 5.74) is -3.11. The molecule has 0 atom stereocenters. The normalized spacial score (nSPS) is 12.4. The van der Waals surface area contributed by atoms with Crippen LogP contribution in [0.4, 0.5) is 17.6 Å². The summed E-state index contributed by atoms with van der Waals surface area (Å²) in [5.74, 6) is -2.73. The molecule has 6 heteroatoms. The van der Waals surface area contributed by atoms with Gasteiger partial charge in [0, 0.05) is 0 Å². The minimum Gasteiger partial charge on any atom is -0.456 e. The number of ether oxygens (including phenoxy) is 1. The molecule has 0 aliphatic carbocycles. The largest absolute Gasteiger partial charge is 0.456 e. The summed E-state index contributed by atoms with van der Waals surface area (Å²) in [6, 6.07) is 2.49. The van der Waals surface area contributed by atoms with Gasteiger partial charge in [-0.3, -0.25) is 0 Å². The van der Waals surface area contributed by atoms with Gasteiger partial charge in [0.15, 0.2) is 0 Å². The highest BCUT2D eigenvalue weighted by molar-refractivity contribution is 5.90. The van der Waals surface area contributed by atoms with E-state index in [9.17, 15) is 22.4 Å². The molecule has 0 unspecified atom stereocenters. The van der Waals surface area contributed by atoms with E-state index in [0.29, 0.717) is 6.07 Å². The van der Waals surface area contributed by atoms with Gasteiger partial charge < -0.3 is 4.74 Å². The van der Waals surface area contributed by atoms with Crippen molar-refractivity contribution in [1.82, 2.24) is 0 Å². The van der Waals surface area contributed by atoms with Crippen LogP contribution >= 0.6 is 0 Å². The van der Waals surface area contributed by atoms with Gasteiger partial charge in [-0.25, -0.2) is 9.18 Å². The minimum absolute atomic E-state index is 0.573. The molecule has 0 saturated heterocycles. The number of carbonyl (C=O) groups excluding carboxylic acids is 1. The van der Waals surface area contributed by atoms with Crippen molar-refractivity contribution in [3.8, 4) is 0 Å². The molecule has 2 nitrogen and oxygen atoms in total. The standard InChI is InChI=1S/C12H12F4O2/c1-11(2,3)18-10(17)7-5-4-6-8(9(7)13)12(14,15)16/h4-6H,1-3H3. The Balaban J connectivity index is 3.16. The Bertz CT molecular complexity index is 458. The summed E-state index contributed by atoms with van der Waals surface area (Å²) in [4.78, 5) is 11.5. The van der Waals surface area contributed by atoms with E-state index < -0.39 is 34.7 Å². The maximum atomic E-state index is 13.6. The number of halogens is 4. The van der Waals surface area contributed by atoms with E-state index in [0.717, 1.165) is 12.1 Å². The zero-order valence-corrected chi connectivity index (χ0v) is 10.1. The lowest BCUT2D eigenvalue weighted by Gasteiger charge is -2.20. The molecule has 100 valence electrons. The molecule has 0 heterocycles. The van der Waals surface area contributed by atoms with Crippen LogP contribution in [0.3, 0.4) is 0 Å². The molecule has 0 aromatic heterocycles. The van der Waals surface area contributed by atoms with Gasteiger partial charge in [-0.05, 0) is 32.9 Å². The number of esters is 1. The van der Waals surface area contributed by atoms with E-state index in [1.54, 1.807) is 0 Å². The summed E-state index contributed by atoms with van der Waals surface area (Å²) >= 11 is 0. The Morgan fingerprint density at radius 2 is 1.72 bits per heavy atom. The number of alkyl halides is 3. The van der Waals surface area contributed by atoms with Crippen LogP contribution in [0, 0.1) is 5.82 Å². The Hall–Kier alpha value is -1.59. The van der Waals surface area contributed by atoms with Crippen LogP contribution in [0.1, 0.15) is 36.7 Å². The molecule has 0 aliphatic heterocycles. The van der Waals surface area contributed by atoms with Crippen LogP contribution in [-0.2, 0) is 10.9 Å². The molecule has 1 aromatic rings. The second kappa shape index (κ2) is 4.59. The smallest absolute Gasteiger partial charge is 0.419 e. The Morgan fingerprint density at radius 3 is 2.17 bits per heavy atom. The van der Waals surface area contributed by atoms with Gasteiger partial charge in [-0.1, -0.05) is 6.07 Å². The van der Waals surface area contributed by atoms with Crippen LogP contribution in [0.5, 0.6) is 0 Å². The van der Waals surface area contributed by atoms with Crippen molar-refractivity contribution < 1.29 is 27.1 Å². The Kier molecular flexibility index (Phi) is 3.69. The average molecular weight is 264 g/mol. The molecule has 18 heavy (non-hydrogen) atoms. The molecule has 0 amide bonds. The second-order valence-corrected chi connectivity index (χ2v) is 4.67. The Morgan fingerprint density at radius 1 is 1.17 bits per heavy atom. The first-order valence-corrected chi connectivity index (χ1v) is 5.11. The van der Waals surface area contributed by atoms with E-state index >= 15 is 0 Å². The highest BCUT2D eigenvalue weighted by Gasteiger charge is 2.36. The fraction of sp³-hybridized carbons (Fsp3) is 0.417. The van der Waals surface area contributed by atoms with Gasteiger partial charge in [-0.2, -0.15) is 13.2 Å². The monoisotopic (exact) mass is 264 g/mol. The molecular weight excluding hydrogens is 252 g/mol. The van der Waals surface area contributed by atoms with Gasteiger partial charge in [0.05, 0.1) is 11.1 Å². The van der Waals surface area contributed by atoms with Crippen LogP contribution < -0.4 is 0 Å². The Labute approximate surface area is 102 Å². The summed E-state index contributed by atoms with van der Waals surface area (Å²) in [6.45, 7) is 4.61. The van der Waals surface area contributed by atoms with Crippen LogP contribution in [-0.4, -0.2) is 11.6 Å². The lowest BCUT2D eigenvalue weighted by molar-refractivity contribution is -0.140. The summed E-state index contributed by atoms with van der Waals surface area (Å²) < 4.78 is 55.7. The molecule has 0 bridgehead atoms. The molecule has 0 radical (unpaired) electrons. The van der Waals surface area contributed by atoms with E-state index in [1.165, 1.54) is 20.8 Å². The van der Waals surface area contributed by atoms with Gasteiger partial charge in [0.2, 0.25) is 0 Å². The molecule has 0 fully saturated rings. The van der Waals surface area contributed by atoms with Gasteiger partial charge in [0.1, 0.15) is 11.4 Å². The zero-order chi connectivity index (χ0) is 14.1. The highest BCUT2D eigenvalue weighted by atomic mass is 19.4. The van der Waals surface area contributed by atoms with Crippen molar-refractivity contribution in [2.75, 3.05) is 0 Å². The van der Waals surface area contributed by atoms with E-state index in [2.05, 4.69) is 0 Å². The molecular formula is C12H12F4O2. The van der Waals surface area contributed by atoms with Crippen LogP contribution in [0.25, 0.3) is 0 Å². The third-order valence-electron chi connectivity index (χ3n) is 1.92. The number of hydrogen-bond donors (Lipinski definition) is 0. The first-order valence-electron chi connectivity index (χ1n) is 5.11. The lowest BCUT2D eigenvalue weighted by Crippen LogP contribution is -2.25. The second-order valence-electron chi connectivity index (χ2n) is 4.67. The number of rotatable bonds is 1. The van der Waals surface area contributed by atoms with Gasteiger partial charge >= 0.3 is 12.1 Å². The van der Waals surface area contributed by atoms with Gasteiger partial charge in [0.25, 0.3) is 0 Å². The topological polar surface area (TPSA) is 26.3 Å². The maximum absolute atomic E-state index is 13.6. The first-order chi connectivity index (χ1) is 8.02. The SMILES string of the molecule is CC(C)(C)OC(=O)c1cccc(C(F)(F)F)c1F. The first kappa shape index (κ1) is 14.5. The van der Waals surface area contributed by atoms with Crippen molar-refractivity contribution in [3.05, 3.63) is 35.1 Å². The minimum atomic E-state index is -4.85. The zero-order valence-electron chi connectivity index (χ0n) is 10.1. The van der Waals surface area contributed by atoms with E-state index in [4.69, 9.17) is 4.74 Å². The molecule has 0 N–H and O–H groups in total. The molecule has 0 saturated carbocycles. The number of benzene rings is 1. The predicted molar refractivity (Wildman–Crippen MR) is 56.6 cm³/mol. The molecule has 1 rings (SSSR count). The number of carbonyl (C=O) groups is 1. The quantitative estimate of drug-likeness (QED) is 0.569. The van der Waals surface area contributed by atoms with Crippen molar-refractivity contribution in [2.45, 2.75) is 32.5 Å². The average Bonchev–Trinajstić information content (AvgIpc) is 2.12. The molecule has 0 spiro atoms. The number of hydrogen-bond acceptors (Lipinski definition) is 2. The third kappa shape index (κ3) is 3.45. The molecule has 0 aliphatic rings. The highest BCUT2D eigenvalue weighted by Crippen LogP contribution is 2.32. The summed E-state index contributed by atoms with van der Waals surface area (Å²) in [6.07, 6.45) is -4.85. The maximum Gasteiger partial charge on any atom is 0.419 e. The summed E-state index contributed by atoms with van der Waals surface area (Å²) in [7, 11) is 0. The predicted octanol–water partition coefficient (Wildman–Crippen LogP) is 3.80. The van der Waals surface area contributed by atoms with Crippen LogP contribution in [0.15, 0.2) is 18.2 Å². The van der Waals surface area contributed by atoms with Gasteiger partial charge in [-0.15, -0.1) is 0 Å². The fourth-order valence-corrected chi connectivity index (χ4v) is 1.24.